The quantitative estimate of drug-likeness (QED) is 0.292. The van der Waals surface area contributed by atoms with Crippen molar-refractivity contribution in [3.8, 4) is 22.3 Å². The Labute approximate surface area is 197 Å². The Balaban J connectivity index is 1.75. The number of hydrogen-bond donors (Lipinski definition) is 1. The number of para-hydroxylation sites is 1. The molecule has 0 atom stereocenters. The molecule has 0 aliphatic heterocycles. The van der Waals surface area contributed by atoms with E-state index < -0.39 is 0 Å². The van der Waals surface area contributed by atoms with E-state index in [9.17, 15) is 0 Å². The van der Waals surface area contributed by atoms with Gasteiger partial charge < -0.3 is 9.73 Å². The van der Waals surface area contributed by atoms with Gasteiger partial charge in [-0.3, -0.25) is 0 Å². The van der Waals surface area contributed by atoms with Gasteiger partial charge in [-0.2, -0.15) is 0 Å². The molecule has 0 amide bonds. The van der Waals surface area contributed by atoms with Gasteiger partial charge in [-0.05, 0) is 41.5 Å². The fraction of sp³-hybridized carbons (Fsp3) is 0. The van der Waals surface area contributed by atoms with Crippen LogP contribution >= 0.6 is 11.6 Å². The maximum Gasteiger partial charge on any atom is 0.145 e. The van der Waals surface area contributed by atoms with Crippen molar-refractivity contribution in [2.24, 2.45) is 0 Å². The topological polar surface area (TPSA) is 25.2 Å². The molecule has 1 N–H and O–H groups in total. The van der Waals surface area contributed by atoms with Gasteiger partial charge in [-0.15, -0.1) is 0 Å². The third-order valence-electron chi connectivity index (χ3n) is 5.91. The molecule has 0 unspecified atom stereocenters. The first kappa shape index (κ1) is 19.7. The van der Waals surface area contributed by atoms with Crippen LogP contribution < -0.4 is 5.32 Å². The monoisotopic (exact) mass is 445 g/mol. The molecule has 0 bridgehead atoms. The molecule has 0 fully saturated rings. The van der Waals surface area contributed by atoms with Crippen LogP contribution in [0.25, 0.3) is 44.2 Å². The third kappa shape index (κ3) is 3.55. The molecule has 0 radical (unpaired) electrons. The third-order valence-corrected chi connectivity index (χ3v) is 6.15. The van der Waals surface area contributed by atoms with Crippen molar-refractivity contribution < 1.29 is 4.42 Å². The number of furan rings is 1. The Morgan fingerprint density at radius 2 is 1.30 bits per heavy atom. The molecule has 5 aromatic carbocycles. The van der Waals surface area contributed by atoms with E-state index in [0.717, 1.165) is 55.6 Å². The van der Waals surface area contributed by atoms with Crippen LogP contribution in [0.15, 0.2) is 120 Å². The van der Waals surface area contributed by atoms with E-state index in [0.29, 0.717) is 5.02 Å². The lowest BCUT2D eigenvalue weighted by Crippen LogP contribution is -1.97. The number of hydrogen-bond acceptors (Lipinski definition) is 2. The predicted octanol–water partition coefficient (Wildman–Crippen LogP) is 9.32. The summed E-state index contributed by atoms with van der Waals surface area (Å²) in [7, 11) is 0. The molecule has 1 aromatic heterocycles. The first-order chi connectivity index (χ1) is 16.3. The van der Waals surface area contributed by atoms with Crippen LogP contribution in [0, 0.1) is 0 Å². The average Bonchev–Trinajstić information content (AvgIpc) is 3.23. The van der Waals surface area contributed by atoms with E-state index in [1.165, 1.54) is 0 Å². The Hall–Kier alpha value is -4.01. The lowest BCUT2D eigenvalue weighted by molar-refractivity contribution is 0.670. The van der Waals surface area contributed by atoms with Crippen molar-refractivity contribution in [3.05, 3.63) is 120 Å². The summed E-state index contributed by atoms with van der Waals surface area (Å²) in [6.07, 6.45) is 0. The van der Waals surface area contributed by atoms with Crippen molar-refractivity contribution in [1.29, 1.82) is 0 Å². The summed E-state index contributed by atoms with van der Waals surface area (Å²) in [5.41, 5.74) is 8.01. The first-order valence-corrected chi connectivity index (χ1v) is 11.3. The van der Waals surface area contributed by atoms with Crippen LogP contribution in [0.5, 0.6) is 0 Å². The molecule has 33 heavy (non-hydrogen) atoms. The minimum Gasteiger partial charge on any atom is -0.455 e. The van der Waals surface area contributed by atoms with Crippen LogP contribution in [-0.4, -0.2) is 0 Å². The number of benzene rings is 5. The van der Waals surface area contributed by atoms with Gasteiger partial charge in [0.2, 0.25) is 0 Å². The molecule has 2 nitrogen and oxygen atoms in total. The van der Waals surface area contributed by atoms with Gasteiger partial charge >= 0.3 is 0 Å². The second-order valence-corrected chi connectivity index (χ2v) is 8.45. The lowest BCUT2D eigenvalue weighted by atomic mass is 9.92. The molecule has 3 heteroatoms. The molecule has 0 saturated heterocycles. The molecule has 0 spiro atoms. The lowest BCUT2D eigenvalue weighted by Gasteiger charge is -2.18. The Morgan fingerprint density at radius 3 is 2.06 bits per heavy atom. The number of anilines is 2. The predicted molar refractivity (Wildman–Crippen MR) is 139 cm³/mol. The second-order valence-electron chi connectivity index (χ2n) is 8.02. The van der Waals surface area contributed by atoms with Gasteiger partial charge in [0, 0.05) is 32.6 Å². The van der Waals surface area contributed by atoms with Gasteiger partial charge in [0.05, 0.1) is 5.69 Å². The van der Waals surface area contributed by atoms with E-state index in [1.54, 1.807) is 0 Å². The van der Waals surface area contributed by atoms with E-state index in [-0.39, 0.29) is 0 Å². The molecular weight excluding hydrogens is 426 g/mol. The standard InChI is InChI=1S/C30H20ClNO/c31-22-14-9-15-23(18-22)32-29-25(20-10-3-1-4-11-20)19-26-24-16-7-8-17-27(24)33-30(26)28(29)21-12-5-2-6-13-21/h1-19,32H. The molecule has 0 saturated carbocycles. The molecule has 0 aliphatic rings. The molecule has 158 valence electrons. The van der Waals surface area contributed by atoms with Crippen LogP contribution in [-0.2, 0) is 0 Å². The highest BCUT2D eigenvalue weighted by molar-refractivity contribution is 6.30. The molecule has 0 aliphatic carbocycles. The van der Waals surface area contributed by atoms with Gasteiger partial charge in [0.1, 0.15) is 11.2 Å². The molecule has 6 rings (SSSR count). The molecule has 1 heterocycles. The maximum atomic E-state index is 6.46. The summed E-state index contributed by atoms with van der Waals surface area (Å²) in [6.45, 7) is 0. The van der Waals surface area contributed by atoms with Crippen molar-refractivity contribution in [1.82, 2.24) is 0 Å². The van der Waals surface area contributed by atoms with E-state index >= 15 is 0 Å². The maximum absolute atomic E-state index is 6.46. The highest BCUT2D eigenvalue weighted by Crippen LogP contribution is 2.46. The Bertz CT molecular complexity index is 1590. The fourth-order valence-corrected chi connectivity index (χ4v) is 4.62. The second kappa shape index (κ2) is 8.16. The molecular formula is C30H20ClNO. The smallest absolute Gasteiger partial charge is 0.145 e. The van der Waals surface area contributed by atoms with Crippen molar-refractivity contribution in [2.45, 2.75) is 0 Å². The summed E-state index contributed by atoms with van der Waals surface area (Å²) in [5, 5.41) is 6.56. The Kier molecular flexibility index (Phi) is 4.86. The van der Waals surface area contributed by atoms with Crippen LogP contribution in [0.1, 0.15) is 0 Å². The minimum atomic E-state index is 0.687. The summed E-state index contributed by atoms with van der Waals surface area (Å²) in [4.78, 5) is 0. The summed E-state index contributed by atoms with van der Waals surface area (Å²) in [5.74, 6) is 0. The summed E-state index contributed by atoms with van der Waals surface area (Å²) >= 11 is 6.31. The van der Waals surface area contributed by atoms with Gasteiger partial charge in [0.15, 0.2) is 0 Å². The van der Waals surface area contributed by atoms with Crippen LogP contribution in [0.3, 0.4) is 0 Å². The zero-order valence-electron chi connectivity index (χ0n) is 17.8. The fourth-order valence-electron chi connectivity index (χ4n) is 4.43. The Morgan fingerprint density at radius 1 is 0.606 bits per heavy atom. The van der Waals surface area contributed by atoms with Gasteiger partial charge in [-0.1, -0.05) is 96.5 Å². The van der Waals surface area contributed by atoms with Crippen molar-refractivity contribution in [3.63, 3.8) is 0 Å². The van der Waals surface area contributed by atoms with Crippen LogP contribution in [0.4, 0.5) is 11.4 Å². The largest absolute Gasteiger partial charge is 0.455 e. The summed E-state index contributed by atoms with van der Waals surface area (Å²) < 4.78 is 6.46. The highest BCUT2D eigenvalue weighted by Gasteiger charge is 2.21. The number of halogens is 1. The highest BCUT2D eigenvalue weighted by atomic mass is 35.5. The summed E-state index contributed by atoms with van der Waals surface area (Å²) in [6, 6.07) is 39.1. The van der Waals surface area contributed by atoms with E-state index in [1.807, 2.05) is 48.5 Å². The van der Waals surface area contributed by atoms with Gasteiger partial charge in [0.25, 0.3) is 0 Å². The van der Waals surface area contributed by atoms with Crippen LogP contribution in [0.2, 0.25) is 5.02 Å². The SMILES string of the molecule is Clc1cccc(Nc2c(-c3ccccc3)cc3c(oc4ccccc43)c2-c2ccccc2)c1. The average molecular weight is 446 g/mol. The van der Waals surface area contributed by atoms with Gasteiger partial charge in [-0.25, -0.2) is 0 Å². The van der Waals surface area contributed by atoms with E-state index in [2.05, 4.69) is 72.0 Å². The normalized spacial score (nSPS) is 11.2. The number of rotatable bonds is 4. The van der Waals surface area contributed by atoms with Crippen molar-refractivity contribution in [2.75, 3.05) is 5.32 Å². The molecule has 6 aromatic rings. The van der Waals surface area contributed by atoms with E-state index in [4.69, 9.17) is 16.0 Å². The number of nitrogens with one attached hydrogen (secondary N) is 1. The first-order valence-electron chi connectivity index (χ1n) is 10.9. The zero-order chi connectivity index (χ0) is 22.2. The number of fused-ring (bicyclic) bond motifs is 3. The van der Waals surface area contributed by atoms with Crippen molar-refractivity contribution >= 4 is 44.9 Å². The minimum absolute atomic E-state index is 0.687. The zero-order valence-corrected chi connectivity index (χ0v) is 18.5.